The molecular weight excluding hydrogens is 254 g/mol. The molecule has 0 atom stereocenters. The van der Waals surface area contributed by atoms with E-state index in [0.717, 1.165) is 17.3 Å². The Hall–Kier alpha value is -1.95. The molecule has 0 spiro atoms. The van der Waals surface area contributed by atoms with Gasteiger partial charge in [-0.25, -0.2) is 0 Å². The first-order chi connectivity index (χ1) is 9.51. The predicted molar refractivity (Wildman–Crippen MR) is 76.9 cm³/mol. The van der Waals surface area contributed by atoms with Crippen molar-refractivity contribution in [1.29, 1.82) is 0 Å². The van der Waals surface area contributed by atoms with E-state index < -0.39 is 0 Å². The number of rotatable bonds is 5. The van der Waals surface area contributed by atoms with Crippen molar-refractivity contribution in [3.8, 4) is 11.4 Å². The molecule has 0 saturated carbocycles. The minimum atomic E-state index is 0.0101. The van der Waals surface area contributed by atoms with E-state index in [1.807, 2.05) is 31.2 Å². The van der Waals surface area contributed by atoms with E-state index in [1.165, 1.54) is 0 Å². The van der Waals surface area contributed by atoms with E-state index in [-0.39, 0.29) is 5.54 Å². The van der Waals surface area contributed by atoms with Gasteiger partial charge in [0.2, 0.25) is 0 Å². The van der Waals surface area contributed by atoms with Crippen LogP contribution in [0.2, 0.25) is 0 Å². The Balaban J connectivity index is 2.28. The van der Waals surface area contributed by atoms with E-state index in [1.54, 1.807) is 4.68 Å². The van der Waals surface area contributed by atoms with Crippen molar-refractivity contribution in [3.63, 3.8) is 0 Å². The number of nitrogens with one attached hydrogen (secondary N) is 1. The van der Waals surface area contributed by atoms with Crippen LogP contribution in [-0.2, 0) is 6.54 Å². The zero-order valence-corrected chi connectivity index (χ0v) is 12.4. The van der Waals surface area contributed by atoms with Gasteiger partial charge in [0.05, 0.1) is 13.2 Å². The maximum Gasteiger partial charge on any atom is 0.170 e. The summed E-state index contributed by atoms with van der Waals surface area (Å²) in [6.07, 6.45) is 0. The van der Waals surface area contributed by atoms with Crippen LogP contribution in [0.4, 0.5) is 0 Å². The quantitative estimate of drug-likeness (QED) is 0.903. The molecular formula is C14H21N5O. The highest BCUT2D eigenvalue weighted by molar-refractivity contribution is 5.46. The predicted octanol–water partition coefficient (Wildman–Crippen LogP) is 1.95. The molecule has 0 unspecified atom stereocenters. The Bertz CT molecular complexity index is 559. The molecule has 6 heteroatoms. The summed E-state index contributed by atoms with van der Waals surface area (Å²) in [4.78, 5) is 0. The largest absolute Gasteiger partial charge is 0.492 e. The molecule has 1 heterocycles. The highest BCUT2D eigenvalue weighted by Gasteiger charge is 2.15. The molecule has 0 radical (unpaired) electrons. The van der Waals surface area contributed by atoms with Gasteiger partial charge in [0.15, 0.2) is 5.82 Å². The number of tetrazole rings is 1. The second-order valence-corrected chi connectivity index (χ2v) is 5.51. The lowest BCUT2D eigenvalue weighted by molar-refractivity contribution is 0.337. The van der Waals surface area contributed by atoms with Crippen LogP contribution in [-0.4, -0.2) is 32.4 Å². The van der Waals surface area contributed by atoms with Crippen LogP contribution < -0.4 is 10.1 Å². The molecule has 0 amide bonds. The Morgan fingerprint density at radius 3 is 2.70 bits per heavy atom. The molecule has 1 aromatic heterocycles. The maximum absolute atomic E-state index is 5.62. The normalized spacial score (nSPS) is 11.6. The van der Waals surface area contributed by atoms with Crippen LogP contribution in [0.5, 0.6) is 5.75 Å². The Morgan fingerprint density at radius 2 is 2.00 bits per heavy atom. The van der Waals surface area contributed by atoms with Gasteiger partial charge in [-0.05, 0) is 50.3 Å². The molecule has 1 N–H and O–H groups in total. The molecule has 0 fully saturated rings. The fraction of sp³-hybridized carbons (Fsp3) is 0.500. The van der Waals surface area contributed by atoms with Crippen LogP contribution in [0.15, 0.2) is 24.3 Å². The van der Waals surface area contributed by atoms with Crippen molar-refractivity contribution < 1.29 is 4.74 Å². The summed E-state index contributed by atoms with van der Waals surface area (Å²) in [5.41, 5.74) is 0.862. The SMILES string of the molecule is CCOc1ccccc1-n1nnnc1CNC(C)(C)C. The lowest BCUT2D eigenvalue weighted by Gasteiger charge is -2.20. The first kappa shape index (κ1) is 14.5. The minimum absolute atomic E-state index is 0.0101. The molecule has 6 nitrogen and oxygen atoms in total. The van der Waals surface area contributed by atoms with Crippen molar-refractivity contribution in [2.45, 2.75) is 39.8 Å². The van der Waals surface area contributed by atoms with Gasteiger partial charge in [-0.2, -0.15) is 4.68 Å². The standard InChI is InChI=1S/C14H21N5O/c1-5-20-12-9-7-6-8-11(12)19-13(16-17-18-19)10-15-14(2,3)4/h6-9,15H,5,10H2,1-4H3. The zero-order chi connectivity index (χ0) is 14.6. The number of benzene rings is 1. The fourth-order valence-corrected chi connectivity index (χ4v) is 1.76. The van der Waals surface area contributed by atoms with E-state index in [9.17, 15) is 0 Å². The lowest BCUT2D eigenvalue weighted by Crippen LogP contribution is -2.36. The number of hydrogen-bond donors (Lipinski definition) is 1. The summed E-state index contributed by atoms with van der Waals surface area (Å²) >= 11 is 0. The molecule has 0 bridgehead atoms. The molecule has 2 aromatic rings. The Kier molecular flexibility index (Phi) is 4.34. The smallest absolute Gasteiger partial charge is 0.170 e. The second kappa shape index (κ2) is 6.00. The van der Waals surface area contributed by atoms with Gasteiger partial charge in [0, 0.05) is 5.54 Å². The van der Waals surface area contributed by atoms with E-state index in [2.05, 4.69) is 41.6 Å². The van der Waals surface area contributed by atoms with Crippen LogP contribution in [0, 0.1) is 0 Å². The summed E-state index contributed by atoms with van der Waals surface area (Å²) in [5, 5.41) is 15.3. The van der Waals surface area contributed by atoms with Crippen LogP contribution in [0.3, 0.4) is 0 Å². The molecule has 20 heavy (non-hydrogen) atoms. The van der Waals surface area contributed by atoms with Crippen LogP contribution in [0.1, 0.15) is 33.5 Å². The number of para-hydroxylation sites is 2. The topological polar surface area (TPSA) is 64.9 Å². The third-order valence-electron chi connectivity index (χ3n) is 2.70. The molecule has 2 rings (SSSR count). The summed E-state index contributed by atoms with van der Waals surface area (Å²) in [6.45, 7) is 9.48. The number of aromatic nitrogens is 4. The monoisotopic (exact) mass is 275 g/mol. The van der Waals surface area contributed by atoms with Gasteiger partial charge >= 0.3 is 0 Å². The summed E-state index contributed by atoms with van der Waals surface area (Å²) in [5.74, 6) is 1.53. The third kappa shape index (κ3) is 3.54. The molecule has 108 valence electrons. The Labute approximate surface area is 119 Å². The highest BCUT2D eigenvalue weighted by atomic mass is 16.5. The zero-order valence-electron chi connectivity index (χ0n) is 12.4. The van der Waals surface area contributed by atoms with Gasteiger partial charge in [0.1, 0.15) is 11.4 Å². The lowest BCUT2D eigenvalue weighted by atomic mass is 10.1. The molecule has 0 saturated heterocycles. The first-order valence-electron chi connectivity index (χ1n) is 6.76. The summed E-state index contributed by atoms with van der Waals surface area (Å²) in [7, 11) is 0. The summed E-state index contributed by atoms with van der Waals surface area (Å²) < 4.78 is 7.34. The minimum Gasteiger partial charge on any atom is -0.492 e. The Morgan fingerprint density at radius 1 is 1.25 bits per heavy atom. The second-order valence-electron chi connectivity index (χ2n) is 5.51. The van der Waals surface area contributed by atoms with Crippen molar-refractivity contribution in [3.05, 3.63) is 30.1 Å². The first-order valence-corrected chi connectivity index (χ1v) is 6.76. The number of ether oxygens (including phenoxy) is 1. The molecule has 0 aliphatic rings. The third-order valence-corrected chi connectivity index (χ3v) is 2.70. The van der Waals surface area contributed by atoms with E-state index in [0.29, 0.717) is 13.2 Å². The van der Waals surface area contributed by atoms with Crippen molar-refractivity contribution in [2.24, 2.45) is 0 Å². The van der Waals surface area contributed by atoms with E-state index in [4.69, 9.17) is 4.74 Å². The van der Waals surface area contributed by atoms with Gasteiger partial charge in [-0.1, -0.05) is 12.1 Å². The van der Waals surface area contributed by atoms with Gasteiger partial charge in [-0.15, -0.1) is 5.10 Å². The van der Waals surface area contributed by atoms with Crippen molar-refractivity contribution in [1.82, 2.24) is 25.5 Å². The van der Waals surface area contributed by atoms with E-state index >= 15 is 0 Å². The van der Waals surface area contributed by atoms with Crippen molar-refractivity contribution in [2.75, 3.05) is 6.61 Å². The molecule has 0 aliphatic heterocycles. The number of nitrogens with zero attached hydrogens (tertiary/aromatic N) is 4. The average molecular weight is 275 g/mol. The highest BCUT2D eigenvalue weighted by Crippen LogP contribution is 2.22. The number of hydrogen-bond acceptors (Lipinski definition) is 5. The molecule has 1 aromatic carbocycles. The molecule has 0 aliphatic carbocycles. The van der Waals surface area contributed by atoms with Gasteiger partial charge < -0.3 is 10.1 Å². The maximum atomic E-state index is 5.62. The van der Waals surface area contributed by atoms with Crippen LogP contribution in [0.25, 0.3) is 5.69 Å². The summed E-state index contributed by atoms with van der Waals surface area (Å²) in [6, 6.07) is 7.75. The van der Waals surface area contributed by atoms with Crippen molar-refractivity contribution >= 4 is 0 Å². The average Bonchev–Trinajstić information content (AvgIpc) is 2.85. The fourth-order valence-electron chi connectivity index (χ4n) is 1.76. The van der Waals surface area contributed by atoms with Gasteiger partial charge in [-0.3, -0.25) is 0 Å². The van der Waals surface area contributed by atoms with Crippen LogP contribution >= 0.6 is 0 Å². The van der Waals surface area contributed by atoms with Gasteiger partial charge in [0.25, 0.3) is 0 Å².